The first-order valence-electron chi connectivity index (χ1n) is 35.7. The van der Waals surface area contributed by atoms with Crippen LogP contribution in [0.1, 0.15) is 292 Å². The van der Waals surface area contributed by atoms with Gasteiger partial charge in [0.05, 0.1) is 60.3 Å². The molecular weight excluding hydrogens is 1280 g/mol. The van der Waals surface area contributed by atoms with Crippen molar-refractivity contribution in [2.45, 2.75) is 271 Å². The SMILES string of the molecule is CCCCCCCCCCCCCc1cc2c3c(c1)OCCCCCCCCCCOc1cc(CCCCCCCCCCCCC)cc(c1-c1c4nc(c(Br)c5ccc([n-]5)c-3c3nc(c(Br)c5ccc1[n-]5)C=C3)C=C4)OCCCCCCCCCCO2.[Zn+2]. The van der Waals surface area contributed by atoms with E-state index in [4.69, 9.17) is 38.9 Å². The predicted octanol–water partition coefficient (Wildman–Crippen LogP) is 24.3. The minimum absolute atomic E-state index is 0. The molecule has 6 aliphatic heterocycles. The topological polar surface area (TPSA) is 90.9 Å². The maximum atomic E-state index is 7.14. The zero-order chi connectivity index (χ0) is 60.8. The van der Waals surface area contributed by atoms with Crippen LogP contribution in [-0.2, 0) is 32.3 Å². The molecule has 0 spiro atoms. The molecule has 3 aromatic heterocycles. The Morgan fingerprint density at radius 2 is 0.584 bits per heavy atom. The molecule has 11 rings (SSSR count). The predicted molar refractivity (Wildman–Crippen MR) is 379 cm³/mol. The van der Waals surface area contributed by atoms with Crippen LogP contribution in [0.3, 0.4) is 0 Å². The smallest absolute Gasteiger partial charge is 0.656 e. The van der Waals surface area contributed by atoms with E-state index in [0.717, 1.165) is 176 Å². The zero-order valence-corrected chi connectivity index (χ0v) is 61.1. The Labute approximate surface area is 566 Å². The maximum absolute atomic E-state index is 7.14. The molecule has 0 N–H and O–H groups in total. The Balaban J connectivity index is 0.0000102. The fourth-order valence-corrected chi connectivity index (χ4v) is 14.2. The van der Waals surface area contributed by atoms with Gasteiger partial charge in [0.2, 0.25) is 0 Å². The van der Waals surface area contributed by atoms with Crippen molar-refractivity contribution in [3.8, 4) is 45.3 Å². The van der Waals surface area contributed by atoms with Gasteiger partial charge in [0.25, 0.3) is 0 Å². The van der Waals surface area contributed by atoms with Crippen molar-refractivity contribution >= 4 is 78.2 Å². The molecule has 9 heterocycles. The molecular formula is C78H106Br2N4O4Zn. The van der Waals surface area contributed by atoms with Crippen LogP contribution in [0.25, 0.3) is 68.6 Å². The fourth-order valence-electron chi connectivity index (χ4n) is 13.3. The number of fused-ring (bicyclic) bond motifs is 22. The van der Waals surface area contributed by atoms with Crippen LogP contribution in [0.4, 0.5) is 0 Å². The number of hydrogen-bond acceptors (Lipinski definition) is 6. The van der Waals surface area contributed by atoms with Crippen molar-refractivity contribution in [1.82, 2.24) is 19.9 Å². The van der Waals surface area contributed by atoms with Crippen molar-refractivity contribution < 1.29 is 38.4 Å². The van der Waals surface area contributed by atoms with Crippen LogP contribution in [-0.4, -0.2) is 36.4 Å². The zero-order valence-electron chi connectivity index (χ0n) is 54.9. The summed E-state index contributed by atoms with van der Waals surface area (Å²) in [6.07, 6.45) is 57.6. The van der Waals surface area contributed by atoms with Crippen LogP contribution >= 0.6 is 31.9 Å². The number of halogens is 2. The van der Waals surface area contributed by atoms with Crippen molar-refractivity contribution in [1.29, 1.82) is 0 Å². The molecule has 0 fully saturated rings. The molecule has 0 aliphatic carbocycles. The summed E-state index contributed by atoms with van der Waals surface area (Å²) < 4.78 is 30.2. The Morgan fingerprint density at radius 1 is 0.326 bits per heavy atom. The fraction of sp³-hybridized carbons (Fsp3) is 0.590. The minimum Gasteiger partial charge on any atom is -0.656 e. The molecule has 0 saturated carbocycles. The average Bonchev–Trinajstić information content (AvgIpc) is 2.08. The Morgan fingerprint density at radius 3 is 0.888 bits per heavy atom. The molecule has 478 valence electrons. The molecule has 0 saturated heterocycles. The maximum Gasteiger partial charge on any atom is 2.00 e. The average molecular weight is 1390 g/mol. The Kier molecular flexibility index (Phi) is 31.8. The molecule has 0 unspecified atom stereocenters. The van der Waals surface area contributed by atoms with Gasteiger partial charge in [-0.15, -0.1) is 22.1 Å². The van der Waals surface area contributed by atoms with Crippen molar-refractivity contribution in [2.24, 2.45) is 0 Å². The summed E-state index contributed by atoms with van der Waals surface area (Å²) >= 11 is 8.18. The van der Waals surface area contributed by atoms with Crippen LogP contribution in [0.15, 0.2) is 57.5 Å². The van der Waals surface area contributed by atoms with E-state index < -0.39 is 0 Å². The minimum atomic E-state index is 0. The number of ether oxygens (including phenoxy) is 4. The molecule has 0 amide bonds. The molecule has 5 aromatic rings. The number of aromatic nitrogens is 4. The van der Waals surface area contributed by atoms with Crippen LogP contribution in [0.5, 0.6) is 23.0 Å². The van der Waals surface area contributed by atoms with Gasteiger partial charge in [-0.25, -0.2) is 9.97 Å². The number of unbranched alkanes of at least 4 members (excludes halogenated alkanes) is 20. The quantitative estimate of drug-likeness (QED) is 0.0437. The summed E-state index contributed by atoms with van der Waals surface area (Å²) in [5.74, 6) is 3.40. The summed E-state index contributed by atoms with van der Waals surface area (Å²) in [6.45, 7) is 7.11. The van der Waals surface area contributed by atoms with Gasteiger partial charge in [-0.3, -0.25) is 0 Å². The first kappa shape index (κ1) is 70.7. The third-order valence-electron chi connectivity index (χ3n) is 18.5. The molecule has 89 heavy (non-hydrogen) atoms. The number of rotatable bonds is 24. The summed E-state index contributed by atoms with van der Waals surface area (Å²) in [5, 5.41) is 0. The van der Waals surface area contributed by atoms with E-state index in [-0.39, 0.29) is 19.5 Å². The molecule has 6 aliphatic rings. The first-order valence-corrected chi connectivity index (χ1v) is 37.3. The van der Waals surface area contributed by atoms with E-state index in [0.29, 0.717) is 26.4 Å². The Bertz CT molecular complexity index is 2880. The molecule has 0 radical (unpaired) electrons. The third-order valence-corrected chi connectivity index (χ3v) is 20.1. The van der Waals surface area contributed by atoms with E-state index in [1.165, 1.54) is 191 Å². The van der Waals surface area contributed by atoms with Crippen molar-refractivity contribution in [3.63, 3.8) is 0 Å². The standard InChI is InChI=1S/C78H106Br2N4O4.Zn/c1-3-5-7-9-11-13-15-17-23-29-35-41-59-55-69-75-70(56-59)86-52-38-32-26-20-22-28-34-40-54-88-72-58-60(42-36-30-24-18-16-14-12-10-8-6-4-2)57-71(87-53-39-33-27-21-19-25-31-37-51-85-69)76(72)74-63-45-49-67(83-63)77(79)65-47-43-61(81-65)73(75)62-44-48-66(82-62)78(80)68-50-46-64(74)84-68;/h43-50,55-58H,3-42,51-54H2,1-2H3;/q-2;+2. The second kappa shape index (κ2) is 40.0. The van der Waals surface area contributed by atoms with E-state index in [1.54, 1.807) is 0 Å². The van der Waals surface area contributed by atoms with E-state index in [9.17, 15) is 0 Å². The molecule has 11 heteroatoms. The van der Waals surface area contributed by atoms with Gasteiger partial charge in [0, 0.05) is 20.1 Å². The summed E-state index contributed by atoms with van der Waals surface area (Å²) in [5.41, 5.74) is 12.5. The normalized spacial score (nSPS) is 15.3. The molecule has 0 atom stereocenters. The molecule has 12 bridgehead atoms. The van der Waals surface area contributed by atoms with Crippen molar-refractivity contribution in [3.05, 3.63) is 91.4 Å². The number of aryl methyl sites for hydroxylation is 2. The van der Waals surface area contributed by atoms with Gasteiger partial charge < -0.3 is 28.9 Å². The second-order valence-electron chi connectivity index (χ2n) is 25.8. The van der Waals surface area contributed by atoms with Gasteiger partial charge in [0.15, 0.2) is 0 Å². The summed E-state index contributed by atoms with van der Waals surface area (Å²) in [6, 6.07) is 17.8. The van der Waals surface area contributed by atoms with Crippen LogP contribution in [0.2, 0.25) is 0 Å². The second-order valence-corrected chi connectivity index (χ2v) is 27.4. The van der Waals surface area contributed by atoms with Gasteiger partial charge in [0.1, 0.15) is 23.0 Å². The number of hydrogen-bond donors (Lipinski definition) is 0. The van der Waals surface area contributed by atoms with Gasteiger partial charge >= 0.3 is 19.5 Å². The van der Waals surface area contributed by atoms with Crippen LogP contribution < -0.4 is 28.9 Å². The Hall–Kier alpha value is -4.18. The summed E-state index contributed by atoms with van der Waals surface area (Å²) in [4.78, 5) is 22.1. The van der Waals surface area contributed by atoms with E-state index >= 15 is 0 Å². The van der Waals surface area contributed by atoms with Crippen LogP contribution in [0, 0.1) is 0 Å². The summed E-state index contributed by atoms with van der Waals surface area (Å²) in [7, 11) is 0. The number of benzene rings is 2. The van der Waals surface area contributed by atoms with Crippen molar-refractivity contribution in [2.75, 3.05) is 26.4 Å². The van der Waals surface area contributed by atoms with Gasteiger partial charge in [-0.05, 0) is 143 Å². The molecule has 8 nitrogen and oxygen atoms in total. The molecule has 2 aromatic carbocycles. The van der Waals surface area contributed by atoms with Gasteiger partial charge in [-0.2, -0.15) is 0 Å². The van der Waals surface area contributed by atoms with E-state index in [2.05, 4.69) is 119 Å². The van der Waals surface area contributed by atoms with E-state index in [1.807, 2.05) is 0 Å². The number of nitrogens with zero attached hydrogens (tertiary/aromatic N) is 4. The monoisotopic (exact) mass is 1380 g/mol. The largest absolute Gasteiger partial charge is 2.00 e. The van der Waals surface area contributed by atoms with Gasteiger partial charge in [-0.1, -0.05) is 244 Å². The third kappa shape index (κ3) is 22.0. The first-order chi connectivity index (χ1) is 43.5.